The van der Waals surface area contributed by atoms with Crippen molar-refractivity contribution in [2.45, 2.75) is 6.54 Å². The quantitative estimate of drug-likeness (QED) is 0.769. The van der Waals surface area contributed by atoms with Gasteiger partial charge in [-0.15, -0.1) is 0 Å². The molecule has 1 aromatic heterocycles. The lowest BCUT2D eigenvalue weighted by Crippen LogP contribution is -2.22. The van der Waals surface area contributed by atoms with Crippen molar-refractivity contribution in [3.05, 3.63) is 99.2 Å². The summed E-state index contributed by atoms with van der Waals surface area (Å²) in [5.74, 6) is -0.875. The Bertz CT molecular complexity index is 985. The number of carbonyl (C=O) groups excluding carboxylic acids is 1. The highest BCUT2D eigenvalue weighted by Gasteiger charge is 2.10. The lowest BCUT2D eigenvalue weighted by atomic mass is 10.2. The van der Waals surface area contributed by atoms with E-state index in [1.165, 1.54) is 41.1 Å². The Morgan fingerprint density at radius 3 is 2.64 bits per heavy atom. The van der Waals surface area contributed by atoms with Gasteiger partial charge in [-0.25, -0.2) is 4.39 Å². The Morgan fingerprint density at radius 2 is 1.88 bits per heavy atom. The Labute approximate surface area is 148 Å². The van der Waals surface area contributed by atoms with Crippen LogP contribution in [0.5, 0.6) is 0 Å². The van der Waals surface area contributed by atoms with E-state index in [0.717, 1.165) is 5.56 Å². The molecule has 0 aliphatic carbocycles. The summed E-state index contributed by atoms with van der Waals surface area (Å²) in [7, 11) is 0. The van der Waals surface area contributed by atoms with Crippen LogP contribution in [0.25, 0.3) is 0 Å². The topological polar surface area (TPSA) is 51.1 Å². The second-order valence-electron chi connectivity index (χ2n) is 5.44. The molecule has 1 N–H and O–H groups in total. The summed E-state index contributed by atoms with van der Waals surface area (Å²) in [6, 6.07) is 15.5. The third-order valence-corrected chi connectivity index (χ3v) is 4.00. The van der Waals surface area contributed by atoms with Gasteiger partial charge >= 0.3 is 0 Å². The number of hydrogen-bond donors (Lipinski definition) is 1. The standard InChI is InChI=1S/C19H14ClFN2O2/c20-17-7-2-1-4-13(17)11-23-12-14(8-9-18(23)24)19(25)22-16-6-3-5-15(21)10-16/h1-10,12H,11H2,(H,22,25). The number of hydrogen-bond acceptors (Lipinski definition) is 2. The average Bonchev–Trinajstić information content (AvgIpc) is 2.58. The van der Waals surface area contributed by atoms with Gasteiger partial charge in [-0.2, -0.15) is 0 Å². The molecule has 6 heteroatoms. The zero-order chi connectivity index (χ0) is 17.8. The van der Waals surface area contributed by atoms with Crippen molar-refractivity contribution in [1.29, 1.82) is 0 Å². The lowest BCUT2D eigenvalue weighted by Gasteiger charge is -2.10. The molecule has 1 heterocycles. The summed E-state index contributed by atoms with van der Waals surface area (Å²) in [5.41, 5.74) is 1.15. The van der Waals surface area contributed by atoms with Gasteiger partial charge in [-0.1, -0.05) is 35.9 Å². The summed E-state index contributed by atoms with van der Waals surface area (Å²) in [4.78, 5) is 24.4. The van der Waals surface area contributed by atoms with Crippen molar-refractivity contribution in [2.24, 2.45) is 0 Å². The number of halogens is 2. The van der Waals surface area contributed by atoms with E-state index in [-0.39, 0.29) is 17.7 Å². The van der Waals surface area contributed by atoms with Crippen LogP contribution in [0.3, 0.4) is 0 Å². The van der Waals surface area contributed by atoms with Crippen molar-refractivity contribution >= 4 is 23.2 Å². The van der Waals surface area contributed by atoms with E-state index < -0.39 is 11.7 Å². The minimum Gasteiger partial charge on any atom is -0.322 e. The number of rotatable bonds is 4. The molecule has 0 saturated heterocycles. The minimum absolute atomic E-state index is 0.248. The first kappa shape index (κ1) is 16.9. The second kappa shape index (κ2) is 7.32. The first-order valence-corrected chi connectivity index (χ1v) is 7.91. The van der Waals surface area contributed by atoms with E-state index in [4.69, 9.17) is 11.6 Å². The van der Waals surface area contributed by atoms with Crippen molar-refractivity contribution in [3.8, 4) is 0 Å². The molecule has 3 aromatic rings. The zero-order valence-electron chi connectivity index (χ0n) is 13.1. The fourth-order valence-electron chi connectivity index (χ4n) is 2.37. The number of anilines is 1. The molecule has 0 bridgehead atoms. The molecule has 126 valence electrons. The molecule has 4 nitrogen and oxygen atoms in total. The molecule has 2 aromatic carbocycles. The maximum absolute atomic E-state index is 13.2. The van der Waals surface area contributed by atoms with Crippen molar-refractivity contribution in [3.63, 3.8) is 0 Å². The van der Waals surface area contributed by atoms with E-state index >= 15 is 0 Å². The molecular formula is C19H14ClFN2O2. The average molecular weight is 357 g/mol. The summed E-state index contributed by atoms with van der Waals surface area (Å²) >= 11 is 6.12. The molecule has 0 unspecified atom stereocenters. The van der Waals surface area contributed by atoms with E-state index in [0.29, 0.717) is 10.7 Å². The van der Waals surface area contributed by atoms with E-state index in [2.05, 4.69) is 5.32 Å². The number of amides is 1. The van der Waals surface area contributed by atoms with Crippen molar-refractivity contribution in [1.82, 2.24) is 4.57 Å². The number of aromatic nitrogens is 1. The Hall–Kier alpha value is -2.92. The predicted octanol–water partition coefficient (Wildman–Crippen LogP) is 3.94. The highest BCUT2D eigenvalue weighted by atomic mass is 35.5. The van der Waals surface area contributed by atoms with Gasteiger partial charge in [0, 0.05) is 23.0 Å². The molecule has 25 heavy (non-hydrogen) atoms. The number of benzene rings is 2. The fraction of sp³-hybridized carbons (Fsp3) is 0.0526. The smallest absolute Gasteiger partial charge is 0.257 e. The van der Waals surface area contributed by atoms with Crippen LogP contribution in [0.1, 0.15) is 15.9 Å². The second-order valence-corrected chi connectivity index (χ2v) is 5.85. The van der Waals surface area contributed by atoms with E-state index in [1.807, 2.05) is 12.1 Å². The van der Waals surface area contributed by atoms with Gasteiger partial charge < -0.3 is 9.88 Å². The number of carbonyl (C=O) groups is 1. The maximum Gasteiger partial charge on any atom is 0.257 e. The van der Waals surface area contributed by atoms with Crippen LogP contribution < -0.4 is 10.9 Å². The Balaban J connectivity index is 1.85. The van der Waals surface area contributed by atoms with Gasteiger partial charge in [-0.3, -0.25) is 9.59 Å². The summed E-state index contributed by atoms with van der Waals surface area (Å²) in [6.07, 6.45) is 1.46. The van der Waals surface area contributed by atoms with Crippen LogP contribution in [0.15, 0.2) is 71.7 Å². The van der Waals surface area contributed by atoms with E-state index in [9.17, 15) is 14.0 Å². The highest BCUT2D eigenvalue weighted by Crippen LogP contribution is 2.16. The monoisotopic (exact) mass is 356 g/mol. The van der Waals surface area contributed by atoms with Crippen LogP contribution >= 0.6 is 11.6 Å². The first-order chi connectivity index (χ1) is 12.0. The van der Waals surface area contributed by atoms with Crippen LogP contribution in [0.2, 0.25) is 5.02 Å². The first-order valence-electron chi connectivity index (χ1n) is 7.54. The van der Waals surface area contributed by atoms with Gasteiger partial charge in [-0.05, 0) is 35.9 Å². The van der Waals surface area contributed by atoms with Crippen LogP contribution in [-0.4, -0.2) is 10.5 Å². The van der Waals surface area contributed by atoms with Gasteiger partial charge in [0.1, 0.15) is 5.82 Å². The third-order valence-electron chi connectivity index (χ3n) is 3.63. The Morgan fingerprint density at radius 1 is 1.08 bits per heavy atom. The molecule has 0 spiro atoms. The largest absolute Gasteiger partial charge is 0.322 e. The lowest BCUT2D eigenvalue weighted by molar-refractivity contribution is 0.102. The number of pyridine rings is 1. The third kappa shape index (κ3) is 4.14. The highest BCUT2D eigenvalue weighted by molar-refractivity contribution is 6.31. The molecule has 0 radical (unpaired) electrons. The molecule has 0 aliphatic rings. The number of nitrogens with one attached hydrogen (secondary N) is 1. The summed E-state index contributed by atoms with van der Waals surface area (Å²) < 4.78 is 14.6. The minimum atomic E-state index is -0.443. The van der Waals surface area contributed by atoms with Gasteiger partial charge in [0.15, 0.2) is 0 Å². The van der Waals surface area contributed by atoms with Crippen LogP contribution in [0.4, 0.5) is 10.1 Å². The van der Waals surface area contributed by atoms with E-state index in [1.54, 1.807) is 18.2 Å². The molecule has 1 amide bonds. The maximum atomic E-state index is 13.2. The SMILES string of the molecule is O=C(Nc1cccc(F)c1)c1ccc(=O)n(Cc2ccccc2Cl)c1. The zero-order valence-corrected chi connectivity index (χ0v) is 13.8. The number of nitrogens with zero attached hydrogens (tertiary/aromatic N) is 1. The van der Waals surface area contributed by atoms with Crippen LogP contribution in [-0.2, 0) is 6.54 Å². The van der Waals surface area contributed by atoms with Gasteiger partial charge in [0.05, 0.1) is 12.1 Å². The van der Waals surface area contributed by atoms with Crippen molar-refractivity contribution < 1.29 is 9.18 Å². The normalized spacial score (nSPS) is 10.5. The molecule has 3 rings (SSSR count). The predicted molar refractivity (Wildman–Crippen MR) is 95.6 cm³/mol. The fourth-order valence-corrected chi connectivity index (χ4v) is 2.56. The van der Waals surface area contributed by atoms with Gasteiger partial charge in [0.25, 0.3) is 11.5 Å². The van der Waals surface area contributed by atoms with Gasteiger partial charge in [0.2, 0.25) is 0 Å². The molecule has 0 fully saturated rings. The molecule has 0 saturated carbocycles. The molecular weight excluding hydrogens is 343 g/mol. The molecule has 0 aliphatic heterocycles. The summed E-state index contributed by atoms with van der Waals surface area (Å²) in [6.45, 7) is 0.250. The van der Waals surface area contributed by atoms with Crippen molar-refractivity contribution in [2.75, 3.05) is 5.32 Å². The van der Waals surface area contributed by atoms with Crippen LogP contribution in [0, 0.1) is 5.82 Å². The Kier molecular flexibility index (Phi) is 4.95. The molecule has 0 atom stereocenters. The summed E-state index contributed by atoms with van der Waals surface area (Å²) in [5, 5.41) is 3.15.